The van der Waals surface area contributed by atoms with E-state index in [-0.39, 0.29) is 26.2 Å². The standard InChI is InChI=1S/C8H6O7S.Zr/c9-7(10)4-2-1-3-5(16(13,14)15)6(4)8(11)12;/h1-3H,(H,9,10)(H,11,12)(H,13,14,15);/q;+2/p-2. The second-order valence-electron chi connectivity index (χ2n) is 2.73. The van der Waals surface area contributed by atoms with Crippen molar-refractivity contribution in [1.29, 1.82) is 0 Å². The fraction of sp³-hybridized carbons (Fsp3) is 0. The monoisotopic (exact) mass is 334 g/mol. The molecule has 0 aliphatic heterocycles. The van der Waals surface area contributed by atoms with Crippen molar-refractivity contribution in [2.24, 2.45) is 0 Å². The summed E-state index contributed by atoms with van der Waals surface area (Å²) < 4.78 is 30.3. The third kappa shape index (κ3) is 3.45. The minimum atomic E-state index is -4.85. The first-order valence-electron chi connectivity index (χ1n) is 3.78. The maximum atomic E-state index is 10.8. The molecule has 0 atom stereocenters. The van der Waals surface area contributed by atoms with Gasteiger partial charge in [0.2, 0.25) is 0 Å². The molecule has 0 amide bonds. The van der Waals surface area contributed by atoms with E-state index in [2.05, 4.69) is 0 Å². The van der Waals surface area contributed by atoms with Crippen LogP contribution in [0.15, 0.2) is 23.1 Å². The molecule has 1 aromatic rings. The van der Waals surface area contributed by atoms with E-state index in [0.717, 1.165) is 18.2 Å². The summed E-state index contributed by atoms with van der Waals surface area (Å²) in [4.78, 5) is 20.1. The molecule has 17 heavy (non-hydrogen) atoms. The summed E-state index contributed by atoms with van der Waals surface area (Å²) in [6, 6.07) is 2.53. The van der Waals surface area contributed by atoms with Crippen LogP contribution in [0.1, 0.15) is 20.7 Å². The minimum absolute atomic E-state index is 0. The van der Waals surface area contributed by atoms with Gasteiger partial charge in [-0.05, 0) is 6.07 Å². The molecule has 0 fully saturated rings. The van der Waals surface area contributed by atoms with E-state index in [9.17, 15) is 28.2 Å². The largest absolute Gasteiger partial charge is 2.00 e. The van der Waals surface area contributed by atoms with Gasteiger partial charge in [-0.25, -0.2) is 0 Å². The molecule has 0 heterocycles. The number of rotatable bonds is 3. The predicted octanol–water partition coefficient (Wildman–Crippen LogP) is -2.34. The van der Waals surface area contributed by atoms with Crippen molar-refractivity contribution >= 4 is 22.1 Å². The van der Waals surface area contributed by atoms with Crippen LogP contribution in [0.25, 0.3) is 0 Å². The fourth-order valence-electron chi connectivity index (χ4n) is 1.13. The first-order chi connectivity index (χ1) is 7.25. The minimum Gasteiger partial charge on any atom is -0.545 e. The second-order valence-corrected chi connectivity index (χ2v) is 4.12. The molecule has 0 radical (unpaired) electrons. The Kier molecular flexibility index (Phi) is 5.19. The van der Waals surface area contributed by atoms with Crippen molar-refractivity contribution in [2.75, 3.05) is 0 Å². The SMILES string of the molecule is O=C([O-])c1cccc(S(=O)(=O)O)c1C(=O)[O-].[Zr+2]. The van der Waals surface area contributed by atoms with Crippen LogP contribution in [0.4, 0.5) is 0 Å². The van der Waals surface area contributed by atoms with Crippen LogP contribution in [0.3, 0.4) is 0 Å². The van der Waals surface area contributed by atoms with E-state index in [1.165, 1.54) is 0 Å². The Morgan fingerprint density at radius 3 is 2.00 bits per heavy atom. The van der Waals surface area contributed by atoms with Crippen LogP contribution in [0.5, 0.6) is 0 Å². The number of carboxylic acid groups (broad SMARTS) is 2. The maximum Gasteiger partial charge on any atom is 2.00 e. The zero-order chi connectivity index (χ0) is 12.5. The van der Waals surface area contributed by atoms with E-state index in [1.54, 1.807) is 0 Å². The number of carbonyl (C=O) groups excluding carboxylic acids is 2. The number of benzene rings is 1. The van der Waals surface area contributed by atoms with Crippen molar-refractivity contribution in [2.45, 2.75) is 4.90 Å². The summed E-state index contributed by atoms with van der Waals surface area (Å²) >= 11 is 0. The number of hydrogen-bond acceptors (Lipinski definition) is 6. The third-order valence-corrected chi connectivity index (χ3v) is 2.62. The van der Waals surface area contributed by atoms with Gasteiger partial charge < -0.3 is 19.8 Å². The molecule has 9 heteroatoms. The van der Waals surface area contributed by atoms with Gasteiger partial charge in [-0.1, -0.05) is 12.1 Å². The molecule has 1 aromatic carbocycles. The Labute approximate surface area is 115 Å². The van der Waals surface area contributed by atoms with Crippen molar-refractivity contribution in [3.05, 3.63) is 29.3 Å². The van der Waals surface area contributed by atoms with Crippen molar-refractivity contribution < 1.29 is 59.0 Å². The van der Waals surface area contributed by atoms with Gasteiger partial charge in [0.1, 0.15) is 4.90 Å². The molecule has 0 bridgehead atoms. The van der Waals surface area contributed by atoms with Crippen LogP contribution >= 0.6 is 0 Å². The average molecular weight is 335 g/mol. The van der Waals surface area contributed by atoms with Gasteiger partial charge in [-0.2, -0.15) is 8.42 Å². The van der Waals surface area contributed by atoms with Crippen molar-refractivity contribution in [1.82, 2.24) is 0 Å². The van der Waals surface area contributed by atoms with Crippen molar-refractivity contribution in [3.63, 3.8) is 0 Å². The van der Waals surface area contributed by atoms with Crippen LogP contribution < -0.4 is 10.2 Å². The number of carboxylic acids is 2. The third-order valence-electron chi connectivity index (χ3n) is 1.73. The maximum absolute atomic E-state index is 10.8. The summed E-state index contributed by atoms with van der Waals surface area (Å²) in [7, 11) is -4.85. The molecule has 1 N–H and O–H groups in total. The van der Waals surface area contributed by atoms with Gasteiger partial charge in [0, 0.05) is 11.1 Å². The van der Waals surface area contributed by atoms with E-state index in [0.29, 0.717) is 0 Å². The predicted molar refractivity (Wildman–Crippen MR) is 44.9 cm³/mol. The molecule has 0 aliphatic rings. The first kappa shape index (κ1) is 16.0. The molecule has 88 valence electrons. The van der Waals surface area contributed by atoms with E-state index < -0.39 is 38.1 Å². The molecule has 7 nitrogen and oxygen atoms in total. The van der Waals surface area contributed by atoms with Gasteiger partial charge >= 0.3 is 26.2 Å². The van der Waals surface area contributed by atoms with Gasteiger partial charge in [0.15, 0.2) is 0 Å². The Morgan fingerprint density at radius 2 is 1.65 bits per heavy atom. The summed E-state index contributed by atoms with van der Waals surface area (Å²) in [5.41, 5.74) is -2.01. The molecule has 1 rings (SSSR count). The number of hydrogen-bond donors (Lipinski definition) is 1. The first-order valence-corrected chi connectivity index (χ1v) is 5.22. The van der Waals surface area contributed by atoms with E-state index >= 15 is 0 Å². The topological polar surface area (TPSA) is 135 Å². The molecule has 0 aromatic heterocycles. The average Bonchev–Trinajstić information content (AvgIpc) is 2.14. The molecule has 0 saturated carbocycles. The van der Waals surface area contributed by atoms with Gasteiger partial charge in [-0.3, -0.25) is 4.55 Å². The van der Waals surface area contributed by atoms with Crippen LogP contribution in [0.2, 0.25) is 0 Å². The van der Waals surface area contributed by atoms with Gasteiger partial charge in [0.05, 0.1) is 11.9 Å². The normalized spacial score (nSPS) is 10.4. The summed E-state index contributed by atoms with van der Waals surface area (Å²) in [5.74, 6) is -3.92. The second kappa shape index (κ2) is 5.53. The molecular formula is C8H4O7SZr. The molecule has 0 unspecified atom stereocenters. The van der Waals surface area contributed by atoms with E-state index in [4.69, 9.17) is 4.55 Å². The zero-order valence-corrected chi connectivity index (χ0v) is 11.3. The summed E-state index contributed by atoms with van der Waals surface area (Å²) in [6.07, 6.45) is 0. The quantitative estimate of drug-likeness (QED) is 0.611. The van der Waals surface area contributed by atoms with Crippen LogP contribution in [-0.4, -0.2) is 24.9 Å². The summed E-state index contributed by atoms with van der Waals surface area (Å²) in [5, 5.41) is 21.1. The Hall–Kier alpha value is -1.05. The number of carbonyl (C=O) groups is 2. The molecule has 0 spiro atoms. The molecular weight excluding hydrogens is 331 g/mol. The molecule has 0 aliphatic carbocycles. The fourth-order valence-corrected chi connectivity index (χ4v) is 1.83. The smallest absolute Gasteiger partial charge is 0.545 e. The van der Waals surface area contributed by atoms with Crippen LogP contribution in [0, 0.1) is 0 Å². The van der Waals surface area contributed by atoms with Crippen LogP contribution in [-0.2, 0) is 36.3 Å². The zero-order valence-electron chi connectivity index (χ0n) is 8.04. The Bertz CT molecular complexity index is 563. The Balaban J connectivity index is 0.00000256. The van der Waals surface area contributed by atoms with E-state index in [1.807, 2.05) is 0 Å². The Morgan fingerprint density at radius 1 is 1.12 bits per heavy atom. The molecule has 0 saturated heterocycles. The summed E-state index contributed by atoms with van der Waals surface area (Å²) in [6.45, 7) is 0. The van der Waals surface area contributed by atoms with Gasteiger partial charge in [-0.15, -0.1) is 0 Å². The van der Waals surface area contributed by atoms with Crippen molar-refractivity contribution in [3.8, 4) is 0 Å². The van der Waals surface area contributed by atoms with Gasteiger partial charge in [0.25, 0.3) is 10.1 Å². The number of aromatic carboxylic acids is 2.